The fraction of sp³-hybridized carbons (Fsp3) is 0.241. The lowest BCUT2D eigenvalue weighted by atomic mass is 9.90. The standard InChI is InChI=1S/C29H30N4O4/c1-32(2)25(34)18-33(3)17-19-10-13-22(14-11-19)30-27(20-8-6-5-7-9-20)26-23-15-12-21(29(36)37-4)16-24(23)31-28(26)35/h5-16,26H,17-18H2,1-4H3,(H,31,35). The van der Waals surface area contributed by atoms with E-state index in [1.165, 1.54) is 7.11 Å². The fourth-order valence-electron chi connectivity index (χ4n) is 4.24. The third-order valence-electron chi connectivity index (χ3n) is 6.19. The number of fused-ring (bicyclic) bond motifs is 1. The van der Waals surface area contributed by atoms with Crippen molar-refractivity contribution in [2.75, 3.05) is 40.1 Å². The van der Waals surface area contributed by atoms with Crippen LogP contribution in [0.5, 0.6) is 0 Å². The van der Waals surface area contributed by atoms with Crippen molar-refractivity contribution in [2.24, 2.45) is 4.99 Å². The Balaban J connectivity index is 1.64. The summed E-state index contributed by atoms with van der Waals surface area (Å²) in [6.45, 7) is 0.953. The molecule has 0 saturated heterocycles. The number of nitrogens with zero attached hydrogens (tertiary/aromatic N) is 3. The minimum Gasteiger partial charge on any atom is -0.465 e. The molecule has 1 heterocycles. The van der Waals surface area contributed by atoms with Crippen LogP contribution in [0.2, 0.25) is 0 Å². The smallest absolute Gasteiger partial charge is 0.337 e. The van der Waals surface area contributed by atoms with Gasteiger partial charge in [0, 0.05) is 26.3 Å². The topological polar surface area (TPSA) is 91.3 Å². The molecule has 1 aliphatic rings. The van der Waals surface area contributed by atoms with Crippen molar-refractivity contribution in [3.05, 3.63) is 95.1 Å². The largest absolute Gasteiger partial charge is 0.465 e. The lowest BCUT2D eigenvalue weighted by molar-refractivity contribution is -0.129. The van der Waals surface area contributed by atoms with E-state index >= 15 is 0 Å². The van der Waals surface area contributed by atoms with Crippen LogP contribution in [-0.2, 0) is 20.9 Å². The number of esters is 1. The Morgan fingerprint density at radius 2 is 1.65 bits per heavy atom. The number of rotatable bonds is 8. The molecule has 3 aromatic rings. The predicted molar refractivity (Wildman–Crippen MR) is 143 cm³/mol. The van der Waals surface area contributed by atoms with Gasteiger partial charge in [-0.15, -0.1) is 0 Å². The van der Waals surface area contributed by atoms with Gasteiger partial charge in [0.15, 0.2) is 0 Å². The quantitative estimate of drug-likeness (QED) is 0.376. The summed E-state index contributed by atoms with van der Waals surface area (Å²) in [5, 5.41) is 2.89. The number of ether oxygens (including phenoxy) is 1. The molecule has 0 aromatic heterocycles. The summed E-state index contributed by atoms with van der Waals surface area (Å²) in [5.41, 5.74) is 4.91. The Labute approximate surface area is 216 Å². The SMILES string of the molecule is COC(=O)c1ccc2c(c1)NC(=O)C2C(=Nc1ccc(CN(C)CC(=O)N(C)C)cc1)c1ccccc1. The van der Waals surface area contributed by atoms with Gasteiger partial charge in [0.25, 0.3) is 0 Å². The Hall–Kier alpha value is -4.30. The average Bonchev–Trinajstić information content (AvgIpc) is 3.22. The first-order valence-electron chi connectivity index (χ1n) is 11.9. The number of carbonyl (C=O) groups excluding carboxylic acids is 3. The molecule has 1 aliphatic heterocycles. The zero-order valence-electron chi connectivity index (χ0n) is 21.4. The lowest BCUT2D eigenvalue weighted by Crippen LogP contribution is -2.34. The van der Waals surface area contributed by atoms with Crippen LogP contribution in [0.3, 0.4) is 0 Å². The molecule has 2 amide bonds. The highest BCUT2D eigenvalue weighted by Gasteiger charge is 2.36. The monoisotopic (exact) mass is 498 g/mol. The molecule has 1 atom stereocenters. The third kappa shape index (κ3) is 5.92. The van der Waals surface area contributed by atoms with E-state index in [9.17, 15) is 14.4 Å². The van der Waals surface area contributed by atoms with E-state index < -0.39 is 11.9 Å². The molecule has 0 bridgehead atoms. The second-order valence-electron chi connectivity index (χ2n) is 9.21. The number of likely N-dealkylation sites (N-methyl/N-ethyl adjacent to an activating group) is 2. The van der Waals surface area contributed by atoms with E-state index in [1.54, 1.807) is 37.2 Å². The van der Waals surface area contributed by atoms with Crippen molar-refractivity contribution in [3.63, 3.8) is 0 Å². The molecule has 0 radical (unpaired) electrons. The summed E-state index contributed by atoms with van der Waals surface area (Å²) in [6, 6.07) is 22.4. The maximum absolute atomic E-state index is 13.2. The van der Waals surface area contributed by atoms with Gasteiger partial charge in [-0.05, 0) is 48.0 Å². The highest BCUT2D eigenvalue weighted by Crippen LogP contribution is 2.37. The van der Waals surface area contributed by atoms with E-state index in [2.05, 4.69) is 5.32 Å². The van der Waals surface area contributed by atoms with Crippen LogP contribution >= 0.6 is 0 Å². The molecule has 0 saturated carbocycles. The number of benzene rings is 3. The molecule has 4 rings (SSSR count). The first-order chi connectivity index (χ1) is 17.8. The van der Waals surface area contributed by atoms with Crippen LogP contribution in [0.25, 0.3) is 0 Å². The van der Waals surface area contributed by atoms with Crippen LogP contribution in [0, 0.1) is 0 Å². The molecule has 1 N–H and O–H groups in total. The fourth-order valence-corrected chi connectivity index (χ4v) is 4.24. The summed E-state index contributed by atoms with van der Waals surface area (Å²) < 4.78 is 4.81. The van der Waals surface area contributed by atoms with Crippen LogP contribution in [0.4, 0.5) is 11.4 Å². The number of anilines is 1. The molecule has 8 heteroatoms. The minimum absolute atomic E-state index is 0.0463. The van der Waals surface area contributed by atoms with Crippen molar-refractivity contribution >= 4 is 34.9 Å². The molecule has 3 aromatic carbocycles. The summed E-state index contributed by atoms with van der Waals surface area (Å²) in [5.74, 6) is -1.25. The van der Waals surface area contributed by atoms with Gasteiger partial charge in [-0.3, -0.25) is 19.5 Å². The van der Waals surface area contributed by atoms with Crippen LogP contribution in [0.15, 0.2) is 77.8 Å². The van der Waals surface area contributed by atoms with Gasteiger partial charge in [0.1, 0.15) is 5.92 Å². The average molecular weight is 499 g/mol. The van der Waals surface area contributed by atoms with Gasteiger partial charge in [0.2, 0.25) is 11.8 Å². The minimum atomic E-state index is -0.632. The Kier molecular flexibility index (Phi) is 7.79. The number of carbonyl (C=O) groups is 3. The molecule has 1 unspecified atom stereocenters. The van der Waals surface area contributed by atoms with Gasteiger partial charge in [-0.1, -0.05) is 48.5 Å². The van der Waals surface area contributed by atoms with Gasteiger partial charge in [0.05, 0.1) is 30.6 Å². The van der Waals surface area contributed by atoms with E-state index in [0.29, 0.717) is 35.7 Å². The summed E-state index contributed by atoms with van der Waals surface area (Å²) >= 11 is 0. The van der Waals surface area contributed by atoms with Crippen molar-refractivity contribution in [2.45, 2.75) is 12.5 Å². The summed E-state index contributed by atoms with van der Waals surface area (Å²) in [7, 11) is 6.72. The maximum atomic E-state index is 13.2. The zero-order valence-corrected chi connectivity index (χ0v) is 21.4. The number of amides is 2. The first kappa shape index (κ1) is 25.8. The molecular formula is C29H30N4O4. The number of methoxy groups -OCH3 is 1. The van der Waals surface area contributed by atoms with Crippen molar-refractivity contribution < 1.29 is 19.1 Å². The first-order valence-corrected chi connectivity index (χ1v) is 11.9. The second kappa shape index (κ2) is 11.2. The van der Waals surface area contributed by atoms with Gasteiger partial charge >= 0.3 is 5.97 Å². The summed E-state index contributed by atoms with van der Waals surface area (Å²) in [4.78, 5) is 45.5. The van der Waals surface area contributed by atoms with E-state index in [1.807, 2.05) is 66.5 Å². The molecule has 0 spiro atoms. The highest BCUT2D eigenvalue weighted by molar-refractivity contribution is 6.24. The van der Waals surface area contributed by atoms with Crippen LogP contribution in [0.1, 0.15) is 33.0 Å². The molecular weight excluding hydrogens is 468 g/mol. The van der Waals surface area contributed by atoms with Crippen LogP contribution < -0.4 is 5.32 Å². The molecule has 0 fully saturated rings. The van der Waals surface area contributed by atoms with E-state index in [0.717, 1.165) is 16.7 Å². The Morgan fingerprint density at radius 3 is 2.30 bits per heavy atom. The highest BCUT2D eigenvalue weighted by atomic mass is 16.5. The summed E-state index contributed by atoms with van der Waals surface area (Å²) in [6.07, 6.45) is 0. The van der Waals surface area contributed by atoms with Gasteiger partial charge in [-0.2, -0.15) is 0 Å². The Bertz CT molecular complexity index is 1330. The van der Waals surface area contributed by atoms with Gasteiger partial charge < -0.3 is 15.0 Å². The maximum Gasteiger partial charge on any atom is 0.337 e. The number of aliphatic imine (C=N–C) groups is 1. The van der Waals surface area contributed by atoms with Crippen molar-refractivity contribution in [1.29, 1.82) is 0 Å². The van der Waals surface area contributed by atoms with Crippen molar-refractivity contribution in [1.82, 2.24) is 9.80 Å². The number of nitrogens with one attached hydrogen (secondary N) is 1. The molecule has 0 aliphatic carbocycles. The third-order valence-corrected chi connectivity index (χ3v) is 6.19. The molecule has 8 nitrogen and oxygen atoms in total. The number of hydrogen-bond donors (Lipinski definition) is 1. The zero-order chi connectivity index (χ0) is 26.5. The lowest BCUT2D eigenvalue weighted by Gasteiger charge is -2.19. The van der Waals surface area contributed by atoms with Crippen molar-refractivity contribution in [3.8, 4) is 0 Å². The molecule has 37 heavy (non-hydrogen) atoms. The second-order valence-corrected chi connectivity index (χ2v) is 9.21. The van der Waals surface area contributed by atoms with Crippen LogP contribution in [-0.4, -0.2) is 68.1 Å². The Morgan fingerprint density at radius 1 is 0.946 bits per heavy atom. The predicted octanol–water partition coefficient (Wildman–Crippen LogP) is 3.85. The van der Waals surface area contributed by atoms with Gasteiger partial charge in [-0.25, -0.2) is 4.79 Å². The van der Waals surface area contributed by atoms with E-state index in [4.69, 9.17) is 9.73 Å². The van der Waals surface area contributed by atoms with E-state index in [-0.39, 0.29) is 11.8 Å². The number of hydrogen-bond acceptors (Lipinski definition) is 6. The normalized spacial score (nSPS) is 14.8. The molecule has 190 valence electrons.